The van der Waals surface area contributed by atoms with E-state index in [2.05, 4.69) is 48.5 Å². The van der Waals surface area contributed by atoms with Crippen molar-refractivity contribution in [3.8, 4) is 0 Å². The van der Waals surface area contributed by atoms with Gasteiger partial charge in [0.1, 0.15) is 11.2 Å². The second-order valence-electron chi connectivity index (χ2n) is 8.40. The van der Waals surface area contributed by atoms with Gasteiger partial charge in [-0.15, -0.1) is 0 Å². The molecule has 3 unspecified atom stereocenters. The zero-order valence-electron chi connectivity index (χ0n) is 17.8. The van der Waals surface area contributed by atoms with Gasteiger partial charge in [0.25, 0.3) is 0 Å². The van der Waals surface area contributed by atoms with Gasteiger partial charge in [0.15, 0.2) is 0 Å². The molecule has 0 aromatic carbocycles. The van der Waals surface area contributed by atoms with E-state index in [4.69, 9.17) is 19.6 Å². The number of hydrogen-bond acceptors (Lipinski definition) is 4. The molecule has 0 aromatic heterocycles. The Labute approximate surface area is 155 Å². The molecule has 0 amide bonds. The summed E-state index contributed by atoms with van der Waals surface area (Å²) in [5.41, 5.74) is -0.556. The van der Waals surface area contributed by atoms with E-state index in [0.717, 1.165) is 57.8 Å². The fourth-order valence-corrected chi connectivity index (χ4v) is 3.50. The van der Waals surface area contributed by atoms with E-state index < -0.39 is 5.79 Å². The first-order valence-electron chi connectivity index (χ1n) is 10.5. The zero-order valence-corrected chi connectivity index (χ0v) is 17.8. The van der Waals surface area contributed by atoms with Crippen LogP contribution in [0.5, 0.6) is 0 Å². The Morgan fingerprint density at radius 3 is 1.68 bits per heavy atom. The van der Waals surface area contributed by atoms with Gasteiger partial charge in [-0.1, -0.05) is 53.9 Å². The van der Waals surface area contributed by atoms with Gasteiger partial charge in [0, 0.05) is 12.3 Å². The Morgan fingerprint density at radius 1 is 0.840 bits per heavy atom. The van der Waals surface area contributed by atoms with Crippen LogP contribution in [0.3, 0.4) is 0 Å². The molecule has 3 atom stereocenters. The highest BCUT2D eigenvalue weighted by molar-refractivity contribution is 4.81. The Hall–Kier alpha value is -0.160. The second kappa shape index (κ2) is 10.2. The summed E-state index contributed by atoms with van der Waals surface area (Å²) >= 11 is 0. The molecule has 1 fully saturated rings. The molecule has 0 radical (unpaired) electrons. The summed E-state index contributed by atoms with van der Waals surface area (Å²) in [4.78, 5) is 24.1. The van der Waals surface area contributed by atoms with E-state index in [1.807, 2.05) is 0 Å². The molecule has 0 spiro atoms. The fraction of sp³-hybridized carbons (Fsp3) is 1.00. The van der Waals surface area contributed by atoms with Gasteiger partial charge < -0.3 is 0 Å². The molecule has 1 aliphatic rings. The summed E-state index contributed by atoms with van der Waals surface area (Å²) in [6.45, 7) is 15.0. The van der Waals surface area contributed by atoms with Gasteiger partial charge in [0.05, 0.1) is 0 Å². The molecule has 0 heterocycles. The lowest BCUT2D eigenvalue weighted by Gasteiger charge is -2.43. The number of rotatable bonds is 12. The lowest BCUT2D eigenvalue weighted by Crippen LogP contribution is -2.48. The first-order chi connectivity index (χ1) is 11.8. The summed E-state index contributed by atoms with van der Waals surface area (Å²) in [7, 11) is 0. The molecule has 25 heavy (non-hydrogen) atoms. The van der Waals surface area contributed by atoms with Crippen molar-refractivity contribution in [3.63, 3.8) is 0 Å². The first kappa shape index (κ1) is 22.9. The quantitative estimate of drug-likeness (QED) is 0.220. The smallest absolute Gasteiger partial charge is 0.227 e. The third-order valence-corrected chi connectivity index (χ3v) is 5.98. The van der Waals surface area contributed by atoms with Crippen LogP contribution < -0.4 is 0 Å². The van der Waals surface area contributed by atoms with Crippen molar-refractivity contribution in [3.05, 3.63) is 0 Å². The first-order valence-corrected chi connectivity index (χ1v) is 10.5. The van der Waals surface area contributed by atoms with E-state index in [0.29, 0.717) is 0 Å². The van der Waals surface area contributed by atoms with Crippen LogP contribution in [-0.4, -0.2) is 17.0 Å². The molecule has 150 valence electrons. The van der Waals surface area contributed by atoms with Gasteiger partial charge >= 0.3 is 0 Å². The zero-order chi connectivity index (χ0) is 19.0. The van der Waals surface area contributed by atoms with E-state index in [9.17, 15) is 0 Å². The van der Waals surface area contributed by atoms with Gasteiger partial charge in [-0.2, -0.15) is 9.78 Å². The van der Waals surface area contributed by atoms with E-state index in [1.165, 1.54) is 6.42 Å². The average molecular weight is 359 g/mol. The van der Waals surface area contributed by atoms with Crippen molar-refractivity contribution in [2.45, 2.75) is 130 Å². The molecule has 1 aliphatic carbocycles. The van der Waals surface area contributed by atoms with Crippen molar-refractivity contribution in [1.82, 2.24) is 0 Å². The summed E-state index contributed by atoms with van der Waals surface area (Å²) < 4.78 is 0. The van der Waals surface area contributed by atoms with Crippen LogP contribution in [0.25, 0.3) is 0 Å². The van der Waals surface area contributed by atoms with Crippen molar-refractivity contribution in [2.75, 3.05) is 0 Å². The molecule has 4 nitrogen and oxygen atoms in total. The minimum absolute atomic E-state index is 0.242. The van der Waals surface area contributed by atoms with Crippen LogP contribution in [0.1, 0.15) is 113 Å². The lowest BCUT2D eigenvalue weighted by molar-refractivity contribution is -0.559. The molecular formula is C21H42O4. The Kier molecular flexibility index (Phi) is 9.38. The Morgan fingerprint density at radius 2 is 1.32 bits per heavy atom. The SMILES string of the molecule is CCCC(C)(CC)OOC1(OOC(C)(CC)CCC)CCCCC1C. The highest BCUT2D eigenvalue weighted by Crippen LogP contribution is 2.41. The molecule has 4 heteroatoms. The van der Waals surface area contributed by atoms with Crippen molar-refractivity contribution >= 4 is 0 Å². The third-order valence-electron chi connectivity index (χ3n) is 5.98. The lowest BCUT2D eigenvalue weighted by atomic mass is 9.85. The Balaban J connectivity index is 2.84. The second-order valence-corrected chi connectivity index (χ2v) is 8.40. The fourth-order valence-electron chi connectivity index (χ4n) is 3.50. The highest BCUT2D eigenvalue weighted by atomic mass is 17.3. The van der Waals surface area contributed by atoms with Crippen molar-refractivity contribution < 1.29 is 19.6 Å². The van der Waals surface area contributed by atoms with E-state index in [1.54, 1.807) is 0 Å². The summed E-state index contributed by atoms with van der Waals surface area (Å²) in [6, 6.07) is 0. The van der Waals surface area contributed by atoms with Crippen molar-refractivity contribution in [2.24, 2.45) is 5.92 Å². The standard InChI is InChI=1S/C21H42O4/c1-8-15-19(6,10-3)22-24-21(17-13-12-14-18(21)5)25-23-20(7,11-4)16-9-2/h18H,8-17H2,1-7H3. The molecule has 1 rings (SSSR count). The van der Waals surface area contributed by atoms with E-state index in [-0.39, 0.29) is 17.1 Å². The third kappa shape index (κ3) is 6.50. The molecule has 0 bridgehead atoms. The molecule has 0 saturated heterocycles. The largest absolute Gasteiger partial charge is 0.236 e. The predicted molar refractivity (Wildman–Crippen MR) is 102 cm³/mol. The molecular weight excluding hydrogens is 316 g/mol. The van der Waals surface area contributed by atoms with Gasteiger partial charge in [-0.3, -0.25) is 0 Å². The topological polar surface area (TPSA) is 36.9 Å². The Bertz CT molecular complexity index is 349. The number of hydrogen-bond donors (Lipinski definition) is 0. The maximum Gasteiger partial charge on any atom is 0.236 e. The van der Waals surface area contributed by atoms with Crippen LogP contribution in [0.15, 0.2) is 0 Å². The van der Waals surface area contributed by atoms with Crippen molar-refractivity contribution in [1.29, 1.82) is 0 Å². The summed E-state index contributed by atoms with van der Waals surface area (Å²) in [5, 5.41) is 0. The summed E-state index contributed by atoms with van der Waals surface area (Å²) in [6.07, 6.45) is 10.1. The monoisotopic (exact) mass is 358 g/mol. The predicted octanol–water partition coefficient (Wildman–Crippen LogP) is 6.73. The molecule has 0 N–H and O–H groups in total. The average Bonchev–Trinajstić information content (AvgIpc) is 2.61. The maximum absolute atomic E-state index is 6.06. The minimum atomic E-state index is -0.799. The van der Waals surface area contributed by atoms with Crippen LogP contribution in [0.2, 0.25) is 0 Å². The van der Waals surface area contributed by atoms with Crippen LogP contribution >= 0.6 is 0 Å². The minimum Gasteiger partial charge on any atom is -0.227 e. The molecule has 0 aromatic rings. The van der Waals surface area contributed by atoms with Gasteiger partial charge in [-0.25, -0.2) is 9.78 Å². The van der Waals surface area contributed by atoms with Crippen LogP contribution in [0, 0.1) is 5.92 Å². The van der Waals surface area contributed by atoms with Gasteiger partial charge in [0.2, 0.25) is 5.79 Å². The van der Waals surface area contributed by atoms with Crippen LogP contribution in [0.4, 0.5) is 0 Å². The summed E-state index contributed by atoms with van der Waals surface area (Å²) in [5.74, 6) is -0.557. The van der Waals surface area contributed by atoms with Crippen LogP contribution in [-0.2, 0) is 19.6 Å². The van der Waals surface area contributed by atoms with Gasteiger partial charge in [-0.05, 0) is 52.4 Å². The highest BCUT2D eigenvalue weighted by Gasteiger charge is 2.46. The molecule has 1 saturated carbocycles. The molecule has 0 aliphatic heterocycles. The van der Waals surface area contributed by atoms with E-state index >= 15 is 0 Å². The maximum atomic E-state index is 6.06. The normalized spacial score (nSPS) is 29.2.